The number of aliphatic hydroxyl groups excluding tert-OH is 4. The van der Waals surface area contributed by atoms with Crippen molar-refractivity contribution in [2.24, 2.45) is 17.8 Å². The molecule has 186 valence electrons. The Morgan fingerprint density at radius 2 is 1.35 bits per heavy atom. The minimum absolute atomic E-state index is 0.0566. The summed E-state index contributed by atoms with van der Waals surface area (Å²) in [5.74, 6) is 2.49. The van der Waals surface area contributed by atoms with Crippen LogP contribution in [-0.4, -0.2) is 58.6 Å². The molecule has 0 aliphatic rings. The summed E-state index contributed by atoms with van der Waals surface area (Å²) >= 11 is 0. The molecule has 0 spiro atoms. The van der Waals surface area contributed by atoms with E-state index in [-0.39, 0.29) is 6.61 Å². The van der Waals surface area contributed by atoms with E-state index < -0.39 is 24.9 Å². The normalized spacial score (nSPS) is 17.5. The van der Waals surface area contributed by atoms with Gasteiger partial charge in [-0.05, 0) is 43.9 Å². The molecule has 0 rings (SSSR count). The quantitative estimate of drug-likeness (QED) is 0.159. The van der Waals surface area contributed by atoms with Gasteiger partial charge in [-0.2, -0.15) is 0 Å². The van der Waals surface area contributed by atoms with E-state index in [2.05, 4.69) is 40.7 Å². The van der Waals surface area contributed by atoms with Crippen LogP contribution in [0.4, 0.5) is 0 Å². The molecule has 5 heteroatoms. The summed E-state index contributed by atoms with van der Waals surface area (Å²) in [6.07, 6.45) is 10.8. The van der Waals surface area contributed by atoms with Gasteiger partial charge in [0.25, 0.3) is 0 Å². The van der Waals surface area contributed by atoms with Gasteiger partial charge in [0.05, 0.1) is 19.8 Å². The van der Waals surface area contributed by atoms with E-state index in [1.807, 2.05) is 0 Å². The maximum atomic E-state index is 9.68. The topological polar surface area (TPSA) is 90.2 Å². The summed E-state index contributed by atoms with van der Waals surface area (Å²) in [6, 6.07) is 0. The summed E-state index contributed by atoms with van der Waals surface area (Å²) in [4.78, 5) is 0. The maximum Gasteiger partial charge on any atom is 0.110 e. The van der Waals surface area contributed by atoms with Gasteiger partial charge in [-0.1, -0.05) is 84.3 Å². The summed E-state index contributed by atoms with van der Waals surface area (Å²) in [5, 5.41) is 37.3. The van der Waals surface area contributed by atoms with Crippen molar-refractivity contribution in [2.45, 2.75) is 117 Å². The molecule has 0 aromatic heterocycles. The lowest BCUT2D eigenvalue weighted by atomic mass is 9.91. The maximum absolute atomic E-state index is 9.68. The molecule has 0 aliphatic heterocycles. The number of ether oxygens (including phenoxy) is 1. The van der Waals surface area contributed by atoms with E-state index in [1.54, 1.807) is 0 Å². The number of rotatable bonds is 20. The molecule has 0 saturated heterocycles. The fraction of sp³-hybridized carbons (Fsp3) is 0.923. The third kappa shape index (κ3) is 17.7. The molecule has 0 aromatic carbocycles. The first-order valence-electron chi connectivity index (χ1n) is 12.6. The Morgan fingerprint density at radius 1 is 0.806 bits per heavy atom. The molecule has 5 nitrogen and oxygen atoms in total. The zero-order chi connectivity index (χ0) is 23.6. The molecule has 0 aromatic rings. The van der Waals surface area contributed by atoms with Gasteiger partial charge in [0.1, 0.15) is 18.3 Å². The van der Waals surface area contributed by atoms with Crippen LogP contribution >= 0.6 is 0 Å². The lowest BCUT2D eigenvalue weighted by Crippen LogP contribution is -2.41. The lowest BCUT2D eigenvalue weighted by Gasteiger charge is -2.21. The highest BCUT2D eigenvalue weighted by Crippen LogP contribution is 2.22. The van der Waals surface area contributed by atoms with Crippen LogP contribution in [0.15, 0.2) is 11.6 Å². The van der Waals surface area contributed by atoms with Gasteiger partial charge < -0.3 is 25.2 Å². The van der Waals surface area contributed by atoms with Crippen molar-refractivity contribution >= 4 is 0 Å². The van der Waals surface area contributed by atoms with Crippen LogP contribution in [0.2, 0.25) is 0 Å². The van der Waals surface area contributed by atoms with Gasteiger partial charge in [0.15, 0.2) is 0 Å². The van der Waals surface area contributed by atoms with Crippen LogP contribution in [0, 0.1) is 17.8 Å². The first kappa shape index (κ1) is 30.5. The molecular formula is C26H52O5. The lowest BCUT2D eigenvalue weighted by molar-refractivity contribution is -0.0992. The third-order valence-electron chi connectivity index (χ3n) is 6.16. The minimum Gasteiger partial charge on any atom is -0.394 e. The van der Waals surface area contributed by atoms with E-state index in [1.165, 1.54) is 56.9 Å². The van der Waals surface area contributed by atoms with Crippen molar-refractivity contribution in [1.29, 1.82) is 0 Å². The molecule has 0 heterocycles. The molecule has 0 amide bonds. The van der Waals surface area contributed by atoms with Crippen LogP contribution in [0.25, 0.3) is 0 Å². The van der Waals surface area contributed by atoms with Crippen LogP contribution in [0.1, 0.15) is 98.8 Å². The highest BCUT2D eigenvalue weighted by atomic mass is 16.5. The Balaban J connectivity index is 3.74. The molecule has 4 N–H and O–H groups in total. The summed E-state index contributed by atoms with van der Waals surface area (Å²) in [6.45, 7) is 11.4. The van der Waals surface area contributed by atoms with Crippen molar-refractivity contribution in [3.8, 4) is 0 Å². The Hall–Kier alpha value is -0.460. The Morgan fingerprint density at radius 3 is 1.90 bits per heavy atom. The van der Waals surface area contributed by atoms with E-state index >= 15 is 0 Å². The van der Waals surface area contributed by atoms with Crippen molar-refractivity contribution in [2.75, 3.05) is 19.8 Å². The smallest absolute Gasteiger partial charge is 0.110 e. The number of aliphatic hydroxyl groups is 4. The zero-order valence-corrected chi connectivity index (χ0v) is 20.9. The predicted molar refractivity (Wildman–Crippen MR) is 129 cm³/mol. The fourth-order valence-electron chi connectivity index (χ4n) is 3.87. The van der Waals surface area contributed by atoms with Crippen LogP contribution in [-0.2, 0) is 4.74 Å². The first-order chi connectivity index (χ1) is 14.7. The predicted octanol–water partition coefficient (Wildman–Crippen LogP) is 4.85. The molecule has 2 unspecified atom stereocenters. The van der Waals surface area contributed by atoms with Gasteiger partial charge in [0, 0.05) is 0 Å². The average molecular weight is 445 g/mol. The van der Waals surface area contributed by atoms with Gasteiger partial charge in [-0.15, -0.1) is 0 Å². The number of hydrogen-bond donors (Lipinski definition) is 4. The highest BCUT2D eigenvalue weighted by molar-refractivity contribution is 4.97. The van der Waals surface area contributed by atoms with Crippen molar-refractivity contribution in [3.63, 3.8) is 0 Å². The second-order valence-corrected chi connectivity index (χ2v) is 10.1. The molecular weight excluding hydrogens is 392 g/mol. The van der Waals surface area contributed by atoms with Gasteiger partial charge >= 0.3 is 0 Å². The summed E-state index contributed by atoms with van der Waals surface area (Å²) in [5.41, 5.74) is 1.37. The van der Waals surface area contributed by atoms with E-state index in [0.717, 1.165) is 30.6 Å². The second kappa shape index (κ2) is 19.0. The molecule has 0 fully saturated rings. The number of allylic oxidation sites excluding steroid dienone is 1. The monoisotopic (exact) mass is 444 g/mol. The number of hydrogen-bond acceptors (Lipinski definition) is 5. The fourth-order valence-corrected chi connectivity index (χ4v) is 3.87. The van der Waals surface area contributed by atoms with Gasteiger partial charge in [0.2, 0.25) is 0 Å². The molecule has 5 atom stereocenters. The molecule has 0 radical (unpaired) electrons. The van der Waals surface area contributed by atoms with Crippen molar-refractivity contribution < 1.29 is 25.2 Å². The summed E-state index contributed by atoms with van der Waals surface area (Å²) < 4.78 is 5.36. The highest BCUT2D eigenvalue weighted by Gasteiger charge is 2.23. The van der Waals surface area contributed by atoms with Crippen molar-refractivity contribution in [3.05, 3.63) is 11.6 Å². The van der Waals surface area contributed by atoms with Crippen LogP contribution in [0.3, 0.4) is 0 Å². The Kier molecular flexibility index (Phi) is 18.8. The molecule has 0 saturated carbocycles. The van der Waals surface area contributed by atoms with Gasteiger partial charge in [-0.25, -0.2) is 0 Å². The van der Waals surface area contributed by atoms with E-state index in [4.69, 9.17) is 9.84 Å². The van der Waals surface area contributed by atoms with E-state index in [0.29, 0.717) is 6.61 Å². The van der Waals surface area contributed by atoms with Crippen LogP contribution < -0.4 is 0 Å². The molecule has 0 bridgehead atoms. The second-order valence-electron chi connectivity index (χ2n) is 10.1. The first-order valence-corrected chi connectivity index (χ1v) is 12.6. The van der Waals surface area contributed by atoms with Crippen molar-refractivity contribution in [1.82, 2.24) is 0 Å². The zero-order valence-electron chi connectivity index (χ0n) is 20.9. The third-order valence-corrected chi connectivity index (χ3v) is 6.16. The molecule has 31 heavy (non-hydrogen) atoms. The Bertz CT molecular complexity index is 438. The minimum atomic E-state index is -1.39. The standard InChI is InChI=1S/C26H52O5/c1-20(2)10-6-11-21(3)12-7-13-22(4)14-8-15-23(5)16-9-17-31-19-25(29)26(30)24(28)18-27/h16,20-22,24-30H,6-15,17-19H2,1-5H3/b23-16+/t21?,22?,24-,25+,26+/m1/s1. The average Bonchev–Trinajstić information content (AvgIpc) is 2.71. The Labute approximate surface area is 191 Å². The SMILES string of the molecule is C/C(=C\CCOC[C@H](O)[C@@H](O)[C@H](O)CO)CCCC(C)CCCC(C)CCCC(C)C. The van der Waals surface area contributed by atoms with Gasteiger partial charge in [-0.3, -0.25) is 0 Å². The largest absolute Gasteiger partial charge is 0.394 e. The molecule has 0 aliphatic carbocycles. The van der Waals surface area contributed by atoms with Crippen LogP contribution in [0.5, 0.6) is 0 Å². The summed E-state index contributed by atoms with van der Waals surface area (Å²) in [7, 11) is 0. The van der Waals surface area contributed by atoms with E-state index in [9.17, 15) is 15.3 Å².